The van der Waals surface area contributed by atoms with E-state index in [9.17, 15) is 0 Å². The van der Waals surface area contributed by atoms with E-state index < -0.39 is 20.8 Å². The summed E-state index contributed by atoms with van der Waals surface area (Å²) in [5.41, 5.74) is 1.34. The van der Waals surface area contributed by atoms with Crippen molar-refractivity contribution in [1.29, 1.82) is 0 Å². The van der Waals surface area contributed by atoms with Crippen LogP contribution in [0.2, 0.25) is 0 Å². The zero-order valence-corrected chi connectivity index (χ0v) is 9.04. The van der Waals surface area contributed by atoms with Crippen LogP contribution in [0.5, 0.6) is 0 Å². The first-order valence-corrected chi connectivity index (χ1v) is 8.79. The molecular weight excluding hydrogens is 234 g/mol. The van der Waals surface area contributed by atoms with Crippen LogP contribution in [-0.4, -0.2) is 0 Å². The Kier molecular flexibility index (Phi) is 7.55. The first-order valence-electron chi connectivity index (χ1n) is 2.46. The third-order valence-electron chi connectivity index (χ3n) is 0.829. The Bertz CT molecular complexity index is 126. The summed E-state index contributed by atoms with van der Waals surface area (Å²) in [6.07, 6.45) is 0. The van der Waals surface area contributed by atoms with Crippen molar-refractivity contribution in [2.75, 3.05) is 0 Å². The molecule has 9 heavy (non-hydrogen) atoms. The van der Waals surface area contributed by atoms with Gasteiger partial charge in [-0.2, -0.15) is 17.7 Å². The van der Waals surface area contributed by atoms with Crippen LogP contribution in [0.3, 0.4) is 0 Å². The predicted octanol–water partition coefficient (Wildman–Crippen LogP) is 3.09. The molecule has 0 aliphatic carbocycles. The van der Waals surface area contributed by atoms with E-state index in [1.54, 1.807) is 0 Å². The Morgan fingerprint density at radius 3 is 1.67 bits per heavy atom. The second-order valence-electron chi connectivity index (χ2n) is 1.53. The van der Waals surface area contributed by atoms with Crippen molar-refractivity contribution in [3.05, 3.63) is 29.8 Å². The van der Waals surface area contributed by atoms with Gasteiger partial charge in [0.15, 0.2) is 0 Å². The zero-order valence-electron chi connectivity index (χ0n) is 5.07. The molecule has 0 aliphatic rings. The van der Waals surface area contributed by atoms with Gasteiger partial charge in [-0.05, 0) is 0 Å². The van der Waals surface area contributed by atoms with E-state index >= 15 is 0 Å². The third kappa shape index (κ3) is 6.70. The second-order valence-corrected chi connectivity index (χ2v) is 5.27. The van der Waals surface area contributed by atoms with Crippen LogP contribution >= 0.6 is 17.0 Å². The zero-order chi connectivity index (χ0) is 7.11. The SMILES string of the molecule is C[c-]1cccc1.[Cl][Zr+2][Cl]. The third-order valence-corrected chi connectivity index (χ3v) is 0.829. The molecule has 0 atom stereocenters. The Labute approximate surface area is 74.2 Å². The summed E-state index contributed by atoms with van der Waals surface area (Å²) in [6.45, 7) is 2.08. The van der Waals surface area contributed by atoms with Crippen LogP contribution < -0.4 is 0 Å². The molecule has 0 unspecified atom stereocenters. The summed E-state index contributed by atoms with van der Waals surface area (Å²) in [5, 5.41) is 0. The Hall–Kier alpha value is 0.813. The predicted molar refractivity (Wildman–Crippen MR) is 38.5 cm³/mol. The van der Waals surface area contributed by atoms with Crippen LogP contribution in [0, 0.1) is 6.92 Å². The molecule has 0 bridgehead atoms. The number of aryl methyl sites for hydroxylation is 1. The molecule has 0 saturated carbocycles. The molecule has 0 aromatic heterocycles. The normalized spacial score (nSPS) is 7.00. The summed E-state index contributed by atoms with van der Waals surface area (Å²) in [4.78, 5) is 0. The van der Waals surface area contributed by atoms with Gasteiger partial charge >= 0.3 is 37.9 Å². The maximum absolute atomic E-state index is 4.93. The summed E-state index contributed by atoms with van der Waals surface area (Å²) < 4.78 is 0. The van der Waals surface area contributed by atoms with E-state index in [0.717, 1.165) is 0 Å². The Morgan fingerprint density at radius 1 is 1.22 bits per heavy atom. The molecule has 1 aromatic carbocycles. The standard InChI is InChI=1S/C6H7.2ClH.Zr/c1-6-4-2-3-5-6;;;/h2-5H,1H3;2*1H;/q-1;;;+4/p-2. The molecular formula is C6H7Cl2Zr+. The fourth-order valence-corrected chi connectivity index (χ4v) is 0.470. The number of halogens is 2. The van der Waals surface area contributed by atoms with Crippen molar-refractivity contribution >= 4 is 17.0 Å². The summed E-state index contributed by atoms with van der Waals surface area (Å²) in [7, 11) is 9.87. The van der Waals surface area contributed by atoms with Crippen molar-refractivity contribution in [1.82, 2.24) is 0 Å². The molecule has 48 valence electrons. The van der Waals surface area contributed by atoms with E-state index in [4.69, 9.17) is 17.0 Å². The first kappa shape index (κ1) is 9.81. The van der Waals surface area contributed by atoms with Gasteiger partial charge < -0.3 is 0 Å². The van der Waals surface area contributed by atoms with Crippen molar-refractivity contribution in [3.63, 3.8) is 0 Å². The van der Waals surface area contributed by atoms with Gasteiger partial charge in [-0.25, -0.2) is 12.1 Å². The van der Waals surface area contributed by atoms with Gasteiger partial charge in [0.25, 0.3) is 0 Å². The van der Waals surface area contributed by atoms with E-state index in [2.05, 4.69) is 19.1 Å². The number of hydrogen-bond acceptors (Lipinski definition) is 0. The summed E-state index contributed by atoms with van der Waals surface area (Å²) >= 11 is -0.826. The minimum atomic E-state index is -0.826. The first-order chi connectivity index (χ1) is 4.31. The molecule has 0 fully saturated rings. The van der Waals surface area contributed by atoms with Crippen LogP contribution in [-0.2, 0) is 20.8 Å². The Balaban J connectivity index is 0.000000187. The average molecular weight is 241 g/mol. The molecule has 1 rings (SSSR count). The van der Waals surface area contributed by atoms with Gasteiger partial charge in [0.1, 0.15) is 0 Å². The van der Waals surface area contributed by atoms with Crippen molar-refractivity contribution < 1.29 is 20.8 Å². The van der Waals surface area contributed by atoms with E-state index in [1.807, 2.05) is 12.1 Å². The van der Waals surface area contributed by atoms with Crippen LogP contribution in [0.25, 0.3) is 0 Å². The molecule has 0 N–H and O–H groups in total. The molecule has 0 saturated heterocycles. The topological polar surface area (TPSA) is 0 Å². The molecule has 1 aromatic rings. The molecule has 0 radical (unpaired) electrons. The molecule has 0 heterocycles. The van der Waals surface area contributed by atoms with Gasteiger partial charge in [0.2, 0.25) is 0 Å². The van der Waals surface area contributed by atoms with Crippen LogP contribution in [0.4, 0.5) is 0 Å². The van der Waals surface area contributed by atoms with Gasteiger partial charge in [-0.15, -0.1) is 0 Å². The molecule has 3 heteroatoms. The Morgan fingerprint density at radius 2 is 1.56 bits per heavy atom. The van der Waals surface area contributed by atoms with Gasteiger partial charge in [-0.3, -0.25) is 0 Å². The molecule has 0 spiro atoms. The molecule has 0 nitrogen and oxygen atoms in total. The van der Waals surface area contributed by atoms with E-state index in [1.165, 1.54) is 5.56 Å². The molecule has 0 aliphatic heterocycles. The quantitative estimate of drug-likeness (QED) is 0.612. The number of rotatable bonds is 0. The second kappa shape index (κ2) is 6.93. The molecule has 0 amide bonds. The maximum atomic E-state index is 4.93. The fourth-order valence-electron chi connectivity index (χ4n) is 0.470. The number of hydrogen-bond donors (Lipinski definition) is 0. The van der Waals surface area contributed by atoms with Gasteiger partial charge in [0.05, 0.1) is 0 Å². The summed E-state index contributed by atoms with van der Waals surface area (Å²) in [5.74, 6) is 0. The average Bonchev–Trinajstić information content (AvgIpc) is 2.20. The van der Waals surface area contributed by atoms with Crippen molar-refractivity contribution in [2.24, 2.45) is 0 Å². The monoisotopic (exact) mass is 239 g/mol. The minimum absolute atomic E-state index is 0.826. The van der Waals surface area contributed by atoms with Crippen molar-refractivity contribution in [3.8, 4) is 0 Å². The van der Waals surface area contributed by atoms with E-state index in [-0.39, 0.29) is 0 Å². The summed E-state index contributed by atoms with van der Waals surface area (Å²) in [6, 6.07) is 8.24. The van der Waals surface area contributed by atoms with Crippen molar-refractivity contribution in [2.45, 2.75) is 6.92 Å². The van der Waals surface area contributed by atoms with Crippen LogP contribution in [0.15, 0.2) is 24.3 Å². The van der Waals surface area contributed by atoms with Crippen LogP contribution in [0.1, 0.15) is 5.56 Å². The van der Waals surface area contributed by atoms with E-state index in [0.29, 0.717) is 0 Å². The fraction of sp³-hybridized carbons (Fsp3) is 0.167. The van der Waals surface area contributed by atoms with Gasteiger partial charge in [-0.1, -0.05) is 6.92 Å². The van der Waals surface area contributed by atoms with Gasteiger partial charge in [0, 0.05) is 0 Å².